The van der Waals surface area contributed by atoms with Gasteiger partial charge in [-0.15, -0.1) is 0 Å². The molecule has 0 fully saturated rings. The van der Waals surface area contributed by atoms with Gasteiger partial charge < -0.3 is 10.6 Å². The average molecular weight is 253 g/mol. The predicted octanol–water partition coefficient (Wildman–Crippen LogP) is 1.61. The van der Waals surface area contributed by atoms with Crippen molar-refractivity contribution < 1.29 is 4.79 Å². The van der Waals surface area contributed by atoms with Gasteiger partial charge in [-0.2, -0.15) is 0 Å². The number of nitrogens with zero attached hydrogens (tertiary/aromatic N) is 2. The fourth-order valence-corrected chi connectivity index (χ4v) is 2.45. The Hall–Kier alpha value is -2.20. The van der Waals surface area contributed by atoms with Gasteiger partial charge in [-0.25, -0.2) is 0 Å². The predicted molar refractivity (Wildman–Crippen MR) is 74.0 cm³/mol. The number of benzene rings is 1. The van der Waals surface area contributed by atoms with Crippen molar-refractivity contribution in [2.75, 3.05) is 11.4 Å². The van der Waals surface area contributed by atoms with E-state index in [1.807, 2.05) is 30.3 Å². The SMILES string of the molecule is NC1Cc2ccccc2N(C(=O)c2ccccn2)C1. The molecule has 1 aromatic carbocycles. The van der Waals surface area contributed by atoms with Crippen LogP contribution in [0.25, 0.3) is 0 Å². The molecule has 19 heavy (non-hydrogen) atoms. The lowest BCUT2D eigenvalue weighted by molar-refractivity contribution is 0.0978. The first-order chi connectivity index (χ1) is 9.25. The summed E-state index contributed by atoms with van der Waals surface area (Å²) in [4.78, 5) is 18.4. The number of anilines is 1. The molecule has 0 saturated heterocycles. The molecule has 2 aromatic rings. The summed E-state index contributed by atoms with van der Waals surface area (Å²) in [5.41, 5.74) is 8.55. The van der Waals surface area contributed by atoms with Gasteiger partial charge in [0, 0.05) is 24.5 Å². The van der Waals surface area contributed by atoms with Gasteiger partial charge in [0.2, 0.25) is 0 Å². The summed E-state index contributed by atoms with van der Waals surface area (Å²) >= 11 is 0. The quantitative estimate of drug-likeness (QED) is 0.840. The number of rotatable bonds is 1. The van der Waals surface area contributed by atoms with Crippen LogP contribution in [0.1, 0.15) is 16.1 Å². The zero-order valence-corrected chi connectivity index (χ0v) is 10.5. The van der Waals surface area contributed by atoms with Gasteiger partial charge in [-0.1, -0.05) is 24.3 Å². The summed E-state index contributed by atoms with van der Waals surface area (Å²) in [7, 11) is 0. The van der Waals surface area contributed by atoms with Crippen molar-refractivity contribution in [2.45, 2.75) is 12.5 Å². The minimum absolute atomic E-state index is 0.0254. The van der Waals surface area contributed by atoms with Crippen molar-refractivity contribution >= 4 is 11.6 Å². The molecule has 0 aliphatic carbocycles. The van der Waals surface area contributed by atoms with Crippen molar-refractivity contribution in [3.8, 4) is 0 Å². The lowest BCUT2D eigenvalue weighted by Crippen LogP contribution is -2.46. The van der Waals surface area contributed by atoms with Crippen molar-refractivity contribution in [3.05, 3.63) is 59.9 Å². The lowest BCUT2D eigenvalue weighted by Gasteiger charge is -2.32. The van der Waals surface area contributed by atoms with Gasteiger partial charge >= 0.3 is 0 Å². The first-order valence-corrected chi connectivity index (χ1v) is 6.32. The summed E-state index contributed by atoms with van der Waals surface area (Å²) in [6, 6.07) is 13.2. The van der Waals surface area contributed by atoms with Crippen molar-refractivity contribution in [1.82, 2.24) is 4.98 Å². The van der Waals surface area contributed by atoms with Crippen LogP contribution in [0.3, 0.4) is 0 Å². The van der Waals surface area contributed by atoms with E-state index in [1.54, 1.807) is 23.2 Å². The molecule has 2 heterocycles. The highest BCUT2D eigenvalue weighted by atomic mass is 16.2. The molecule has 0 saturated carbocycles. The average Bonchev–Trinajstić information content (AvgIpc) is 2.46. The summed E-state index contributed by atoms with van der Waals surface area (Å²) in [6.07, 6.45) is 2.44. The molecule has 96 valence electrons. The minimum Gasteiger partial charge on any atom is -0.326 e. The normalized spacial score (nSPS) is 17.9. The molecular weight excluding hydrogens is 238 g/mol. The number of amides is 1. The Morgan fingerprint density at radius 2 is 2.00 bits per heavy atom. The molecule has 3 rings (SSSR count). The van der Waals surface area contributed by atoms with Gasteiger partial charge in [0.1, 0.15) is 5.69 Å². The summed E-state index contributed by atoms with van der Waals surface area (Å²) in [5, 5.41) is 0. The van der Waals surface area contributed by atoms with E-state index < -0.39 is 0 Å². The number of hydrogen-bond donors (Lipinski definition) is 1. The second-order valence-electron chi connectivity index (χ2n) is 4.72. The Balaban J connectivity index is 1.99. The monoisotopic (exact) mass is 253 g/mol. The van der Waals surface area contributed by atoms with Gasteiger partial charge in [0.05, 0.1) is 0 Å². The number of para-hydroxylation sites is 1. The summed E-state index contributed by atoms with van der Waals surface area (Å²) in [5.74, 6) is -0.0943. The Labute approximate surface area is 111 Å². The van der Waals surface area contributed by atoms with Gasteiger partial charge in [0.15, 0.2) is 0 Å². The molecule has 2 N–H and O–H groups in total. The van der Waals surface area contributed by atoms with E-state index in [0.29, 0.717) is 12.2 Å². The van der Waals surface area contributed by atoms with Crippen LogP contribution in [0.5, 0.6) is 0 Å². The van der Waals surface area contributed by atoms with E-state index in [9.17, 15) is 4.79 Å². The Morgan fingerprint density at radius 1 is 1.21 bits per heavy atom. The molecule has 1 unspecified atom stereocenters. The molecule has 4 nitrogen and oxygen atoms in total. The molecular formula is C15H15N3O. The smallest absolute Gasteiger partial charge is 0.276 e. The van der Waals surface area contributed by atoms with Gasteiger partial charge in [0.25, 0.3) is 5.91 Å². The molecule has 1 amide bonds. The van der Waals surface area contributed by atoms with Crippen LogP contribution in [0, 0.1) is 0 Å². The van der Waals surface area contributed by atoms with E-state index in [1.165, 1.54) is 0 Å². The number of fused-ring (bicyclic) bond motifs is 1. The highest BCUT2D eigenvalue weighted by Gasteiger charge is 2.27. The third-order valence-corrected chi connectivity index (χ3v) is 3.31. The summed E-state index contributed by atoms with van der Waals surface area (Å²) < 4.78 is 0. The van der Waals surface area contributed by atoms with Crippen LogP contribution in [-0.2, 0) is 6.42 Å². The van der Waals surface area contributed by atoms with E-state index in [0.717, 1.165) is 17.7 Å². The van der Waals surface area contributed by atoms with E-state index in [-0.39, 0.29) is 11.9 Å². The van der Waals surface area contributed by atoms with Crippen molar-refractivity contribution in [1.29, 1.82) is 0 Å². The lowest BCUT2D eigenvalue weighted by atomic mass is 9.98. The van der Waals surface area contributed by atoms with E-state index in [4.69, 9.17) is 5.73 Å². The van der Waals surface area contributed by atoms with E-state index in [2.05, 4.69) is 4.98 Å². The molecule has 1 aliphatic heterocycles. The minimum atomic E-state index is -0.0943. The summed E-state index contributed by atoms with van der Waals surface area (Å²) in [6.45, 7) is 0.534. The molecule has 1 atom stereocenters. The number of carbonyl (C=O) groups excluding carboxylic acids is 1. The second kappa shape index (κ2) is 4.82. The topological polar surface area (TPSA) is 59.2 Å². The third kappa shape index (κ3) is 2.22. The maximum absolute atomic E-state index is 12.5. The number of nitrogens with two attached hydrogens (primary N) is 1. The highest BCUT2D eigenvalue weighted by molar-refractivity contribution is 6.05. The van der Waals surface area contributed by atoms with Crippen LogP contribution in [-0.4, -0.2) is 23.5 Å². The van der Waals surface area contributed by atoms with Crippen LogP contribution in [0.4, 0.5) is 5.69 Å². The third-order valence-electron chi connectivity index (χ3n) is 3.31. The molecule has 0 spiro atoms. The highest BCUT2D eigenvalue weighted by Crippen LogP contribution is 2.27. The van der Waals surface area contributed by atoms with Crippen LogP contribution < -0.4 is 10.6 Å². The largest absolute Gasteiger partial charge is 0.326 e. The molecule has 4 heteroatoms. The fraction of sp³-hybridized carbons (Fsp3) is 0.200. The Morgan fingerprint density at radius 3 is 2.79 bits per heavy atom. The number of hydrogen-bond acceptors (Lipinski definition) is 3. The van der Waals surface area contributed by atoms with Crippen LogP contribution in [0.15, 0.2) is 48.7 Å². The Bertz CT molecular complexity index is 597. The first-order valence-electron chi connectivity index (χ1n) is 6.32. The van der Waals surface area contributed by atoms with Gasteiger partial charge in [-0.3, -0.25) is 9.78 Å². The maximum atomic E-state index is 12.5. The Kier molecular flexibility index (Phi) is 3.01. The molecule has 0 radical (unpaired) electrons. The number of aromatic nitrogens is 1. The zero-order valence-electron chi connectivity index (χ0n) is 10.5. The van der Waals surface area contributed by atoms with Crippen molar-refractivity contribution in [2.24, 2.45) is 5.73 Å². The standard InChI is InChI=1S/C15H15N3O/c16-12-9-11-5-1-2-7-14(11)18(10-12)15(19)13-6-3-4-8-17-13/h1-8,12H,9-10,16H2. The van der Waals surface area contributed by atoms with Crippen LogP contribution in [0.2, 0.25) is 0 Å². The fourth-order valence-electron chi connectivity index (χ4n) is 2.45. The molecule has 1 aromatic heterocycles. The first kappa shape index (κ1) is 11.9. The van der Waals surface area contributed by atoms with Crippen molar-refractivity contribution in [3.63, 3.8) is 0 Å². The van der Waals surface area contributed by atoms with E-state index >= 15 is 0 Å². The molecule has 1 aliphatic rings. The van der Waals surface area contributed by atoms with Crippen LogP contribution >= 0.6 is 0 Å². The molecule has 0 bridgehead atoms. The zero-order chi connectivity index (χ0) is 13.2. The number of pyridine rings is 1. The second-order valence-corrected chi connectivity index (χ2v) is 4.72. The maximum Gasteiger partial charge on any atom is 0.276 e. The number of carbonyl (C=O) groups is 1. The van der Waals surface area contributed by atoms with Gasteiger partial charge in [-0.05, 0) is 30.2 Å².